The van der Waals surface area contributed by atoms with E-state index in [4.69, 9.17) is 4.74 Å². The molecule has 1 unspecified atom stereocenters. The lowest BCUT2D eigenvalue weighted by Gasteiger charge is -2.41. The molecule has 7 nitrogen and oxygen atoms in total. The van der Waals surface area contributed by atoms with Gasteiger partial charge in [0.2, 0.25) is 0 Å². The van der Waals surface area contributed by atoms with Gasteiger partial charge < -0.3 is 30.3 Å². The third kappa shape index (κ3) is 5.45. The van der Waals surface area contributed by atoms with Crippen molar-refractivity contribution in [1.82, 2.24) is 0 Å². The molecule has 0 amide bonds. The van der Waals surface area contributed by atoms with Crippen LogP contribution in [0.4, 0.5) is 0 Å². The first kappa shape index (κ1) is 25.3. The number of rotatable bonds is 1. The highest BCUT2D eigenvalue weighted by Gasteiger charge is 2.44. The van der Waals surface area contributed by atoms with E-state index in [9.17, 15) is 30.3 Å². The molecule has 0 spiro atoms. The molecular formula is C21H40O7. The number of hydrogen-bond acceptors (Lipinski definition) is 7. The first-order valence-corrected chi connectivity index (χ1v) is 10.4. The predicted molar refractivity (Wildman–Crippen MR) is 105 cm³/mol. The van der Waals surface area contributed by atoms with Gasteiger partial charge in [0.25, 0.3) is 0 Å². The van der Waals surface area contributed by atoms with Crippen LogP contribution in [0.3, 0.4) is 0 Å². The summed E-state index contributed by atoms with van der Waals surface area (Å²) >= 11 is 0. The maximum absolute atomic E-state index is 12.6. The van der Waals surface area contributed by atoms with Crippen LogP contribution < -0.4 is 0 Å². The molecule has 1 saturated heterocycles. The van der Waals surface area contributed by atoms with Gasteiger partial charge in [-0.05, 0) is 32.6 Å². The quantitative estimate of drug-likeness (QED) is 0.414. The molecular weight excluding hydrogens is 364 g/mol. The highest BCUT2D eigenvalue weighted by atomic mass is 16.5. The zero-order valence-corrected chi connectivity index (χ0v) is 18.2. The Morgan fingerprint density at radius 2 is 1.46 bits per heavy atom. The van der Waals surface area contributed by atoms with Gasteiger partial charge in [-0.1, -0.05) is 34.6 Å². The van der Waals surface area contributed by atoms with E-state index in [2.05, 4.69) is 0 Å². The molecule has 5 N–H and O–H groups in total. The predicted octanol–water partition coefficient (Wildman–Crippen LogP) is 1.09. The average Bonchev–Trinajstić information content (AvgIpc) is 2.65. The van der Waals surface area contributed by atoms with E-state index in [1.807, 2.05) is 6.92 Å². The Kier molecular flexibility index (Phi) is 8.90. The van der Waals surface area contributed by atoms with Gasteiger partial charge in [-0.15, -0.1) is 0 Å². The van der Waals surface area contributed by atoms with Crippen molar-refractivity contribution in [2.24, 2.45) is 29.6 Å². The standard InChI is InChI=1S/C21H40O7/c1-8-15-11(3)17(23)12(4)16(22)10(2)9-21(7,27)19(25)13(5)18(24)14(6)20(26)28-15/h10-19,22-25,27H,8-9H2,1-7H3/t10-,11-,12-,13-,14+,15?,16+,17-,18-,19+,21-/m0/s1. The van der Waals surface area contributed by atoms with Crippen LogP contribution in [0.2, 0.25) is 0 Å². The summed E-state index contributed by atoms with van der Waals surface area (Å²) < 4.78 is 5.57. The fraction of sp³-hybridized carbons (Fsp3) is 0.952. The van der Waals surface area contributed by atoms with Crippen molar-refractivity contribution in [3.05, 3.63) is 0 Å². The number of ether oxygens (including phenoxy) is 1. The SMILES string of the molecule is CCC1OC(=O)[C@H](C)[C@@H](O)[C@H](C)[C@@H](O)[C@@](C)(O)C[C@H](C)[C@@H](O)[C@H](C)[C@@H](O)[C@H]1C. The third-order valence-electron chi connectivity index (χ3n) is 6.75. The van der Waals surface area contributed by atoms with Crippen LogP contribution in [-0.4, -0.2) is 67.6 Å². The van der Waals surface area contributed by atoms with Crippen molar-refractivity contribution in [1.29, 1.82) is 0 Å². The molecule has 7 heteroatoms. The van der Waals surface area contributed by atoms with E-state index in [0.29, 0.717) is 6.42 Å². The fourth-order valence-electron chi connectivity index (χ4n) is 4.48. The molecule has 11 atom stereocenters. The summed E-state index contributed by atoms with van der Waals surface area (Å²) in [5.41, 5.74) is -1.59. The van der Waals surface area contributed by atoms with E-state index in [1.54, 1.807) is 27.7 Å². The van der Waals surface area contributed by atoms with Crippen LogP contribution >= 0.6 is 0 Å². The Balaban J connectivity index is 3.30. The summed E-state index contributed by atoms with van der Waals surface area (Å²) in [5, 5.41) is 53.6. The second-order valence-corrected chi connectivity index (χ2v) is 9.20. The third-order valence-corrected chi connectivity index (χ3v) is 6.75. The smallest absolute Gasteiger partial charge is 0.311 e. The van der Waals surface area contributed by atoms with Crippen LogP contribution in [0.1, 0.15) is 61.3 Å². The van der Waals surface area contributed by atoms with Gasteiger partial charge in [0.15, 0.2) is 0 Å². The van der Waals surface area contributed by atoms with Crippen LogP contribution in [-0.2, 0) is 9.53 Å². The topological polar surface area (TPSA) is 127 Å². The van der Waals surface area contributed by atoms with Gasteiger partial charge in [0.1, 0.15) is 6.10 Å². The van der Waals surface area contributed by atoms with Crippen LogP contribution in [0, 0.1) is 29.6 Å². The van der Waals surface area contributed by atoms with Gasteiger partial charge in [0, 0.05) is 17.8 Å². The number of cyclic esters (lactones) is 1. The van der Waals surface area contributed by atoms with Crippen LogP contribution in [0.25, 0.3) is 0 Å². The molecule has 1 heterocycles. The number of hydrogen-bond donors (Lipinski definition) is 5. The molecule has 0 radical (unpaired) electrons. The minimum absolute atomic E-state index is 0.0773. The van der Waals surface area contributed by atoms with Gasteiger partial charge in [-0.3, -0.25) is 4.79 Å². The van der Waals surface area contributed by atoms with Crippen molar-refractivity contribution in [2.75, 3.05) is 0 Å². The number of carbonyl (C=O) groups excluding carboxylic acids is 1. The van der Waals surface area contributed by atoms with Crippen molar-refractivity contribution < 1.29 is 35.1 Å². The van der Waals surface area contributed by atoms with Crippen molar-refractivity contribution in [2.45, 2.75) is 97.4 Å². The van der Waals surface area contributed by atoms with E-state index in [-0.39, 0.29) is 6.42 Å². The average molecular weight is 405 g/mol. The van der Waals surface area contributed by atoms with E-state index < -0.39 is 71.7 Å². The fourth-order valence-corrected chi connectivity index (χ4v) is 4.48. The molecule has 0 aromatic rings. The molecule has 1 rings (SSSR count). The summed E-state index contributed by atoms with van der Waals surface area (Å²) in [5.74, 6) is -3.65. The molecule has 0 aliphatic carbocycles. The highest BCUT2D eigenvalue weighted by Crippen LogP contribution is 2.34. The maximum atomic E-state index is 12.6. The largest absolute Gasteiger partial charge is 0.462 e. The van der Waals surface area contributed by atoms with E-state index in [1.165, 1.54) is 13.8 Å². The second kappa shape index (κ2) is 9.85. The number of aliphatic hydroxyl groups is 5. The summed E-state index contributed by atoms with van der Waals surface area (Å²) in [6.07, 6.45) is -4.37. The number of aliphatic hydroxyl groups excluding tert-OH is 4. The Morgan fingerprint density at radius 3 is 1.96 bits per heavy atom. The summed E-state index contributed by atoms with van der Waals surface area (Å²) in [7, 11) is 0. The molecule has 1 aliphatic rings. The molecule has 166 valence electrons. The van der Waals surface area contributed by atoms with Crippen molar-refractivity contribution in [3.63, 3.8) is 0 Å². The number of carbonyl (C=O) groups is 1. The van der Waals surface area contributed by atoms with Gasteiger partial charge in [0.05, 0.1) is 35.9 Å². The van der Waals surface area contributed by atoms with Gasteiger partial charge >= 0.3 is 5.97 Å². The van der Waals surface area contributed by atoms with E-state index in [0.717, 1.165) is 0 Å². The molecule has 28 heavy (non-hydrogen) atoms. The van der Waals surface area contributed by atoms with Crippen LogP contribution in [0.5, 0.6) is 0 Å². The Hall–Kier alpha value is -0.730. The molecule has 1 fully saturated rings. The zero-order valence-electron chi connectivity index (χ0n) is 18.2. The van der Waals surface area contributed by atoms with E-state index >= 15 is 0 Å². The minimum atomic E-state index is -1.59. The number of esters is 1. The highest BCUT2D eigenvalue weighted by molar-refractivity contribution is 5.73. The zero-order chi connectivity index (χ0) is 22.0. The van der Waals surface area contributed by atoms with Crippen LogP contribution in [0.15, 0.2) is 0 Å². The monoisotopic (exact) mass is 404 g/mol. The summed E-state index contributed by atoms with van der Waals surface area (Å²) in [4.78, 5) is 12.6. The Morgan fingerprint density at radius 1 is 0.929 bits per heavy atom. The first-order valence-electron chi connectivity index (χ1n) is 10.4. The lowest BCUT2D eigenvalue weighted by atomic mass is 9.74. The summed E-state index contributed by atoms with van der Waals surface area (Å²) in [6.45, 7) is 11.7. The van der Waals surface area contributed by atoms with Gasteiger partial charge in [-0.2, -0.15) is 0 Å². The molecule has 0 bridgehead atoms. The summed E-state index contributed by atoms with van der Waals surface area (Å²) in [6, 6.07) is 0. The normalized spacial score (nSPS) is 49.9. The Labute approximate surface area is 168 Å². The molecule has 1 aliphatic heterocycles. The van der Waals surface area contributed by atoms with Gasteiger partial charge in [-0.25, -0.2) is 0 Å². The minimum Gasteiger partial charge on any atom is -0.462 e. The van der Waals surface area contributed by atoms with Crippen molar-refractivity contribution >= 4 is 5.97 Å². The lowest BCUT2D eigenvalue weighted by molar-refractivity contribution is -0.173. The second-order valence-electron chi connectivity index (χ2n) is 9.20. The molecule has 0 aromatic carbocycles. The Bertz CT molecular complexity index is 509. The van der Waals surface area contributed by atoms with Crippen molar-refractivity contribution in [3.8, 4) is 0 Å². The first-order chi connectivity index (χ1) is 12.8. The molecule has 0 saturated carbocycles. The molecule has 0 aromatic heterocycles. The maximum Gasteiger partial charge on any atom is 0.311 e. The lowest BCUT2D eigenvalue weighted by Crippen LogP contribution is -2.52.